The van der Waals surface area contributed by atoms with Gasteiger partial charge in [0.1, 0.15) is 17.3 Å². The number of hydrogen-bond acceptors (Lipinski definition) is 4. The molecule has 5 heteroatoms. The zero-order chi connectivity index (χ0) is 32.7. The summed E-state index contributed by atoms with van der Waals surface area (Å²) in [6.45, 7) is 17.0. The highest BCUT2D eigenvalue weighted by Crippen LogP contribution is 2.57. The molecule has 0 amide bonds. The molecule has 0 saturated heterocycles. The predicted molar refractivity (Wildman–Crippen MR) is 195 cm³/mol. The summed E-state index contributed by atoms with van der Waals surface area (Å²) in [5.74, 6) is 2.54. The van der Waals surface area contributed by atoms with E-state index in [1.807, 2.05) is 6.20 Å². The number of hydrogen-bond donors (Lipinski definition) is 0. The van der Waals surface area contributed by atoms with Crippen LogP contribution in [0.1, 0.15) is 59.6 Å². The van der Waals surface area contributed by atoms with Crippen LogP contribution in [0.2, 0.25) is 0 Å². The summed E-state index contributed by atoms with van der Waals surface area (Å²) < 4.78 is 8.97. The van der Waals surface area contributed by atoms with Crippen molar-refractivity contribution in [3.8, 4) is 17.3 Å². The van der Waals surface area contributed by atoms with Gasteiger partial charge >= 0.3 is 0 Å². The molecule has 47 heavy (non-hydrogen) atoms. The van der Waals surface area contributed by atoms with Gasteiger partial charge in [-0.3, -0.25) is 4.57 Å². The largest absolute Gasteiger partial charge is 0.457 e. The second kappa shape index (κ2) is 10.2. The molecule has 0 radical (unpaired) electrons. The highest BCUT2D eigenvalue weighted by atomic mass is 16.5. The molecule has 2 aliphatic rings. The third-order valence-corrected chi connectivity index (χ3v) is 10.8. The first-order valence-corrected chi connectivity index (χ1v) is 16.6. The number of pyridine rings is 1. The van der Waals surface area contributed by atoms with Crippen LogP contribution in [-0.4, -0.2) is 16.2 Å². The molecular weight excluding hydrogens is 576 g/mol. The van der Waals surface area contributed by atoms with Crippen molar-refractivity contribution in [2.24, 2.45) is 5.41 Å². The zero-order valence-corrected chi connectivity index (χ0v) is 28.4. The van der Waals surface area contributed by atoms with Crippen molar-refractivity contribution >= 4 is 33.2 Å². The molecule has 6 aromatic rings. The molecule has 0 unspecified atom stereocenters. The topological polar surface area (TPSA) is 33.5 Å². The molecule has 4 heterocycles. The van der Waals surface area contributed by atoms with Gasteiger partial charge < -0.3 is 14.5 Å². The van der Waals surface area contributed by atoms with Gasteiger partial charge in [-0.25, -0.2) is 4.98 Å². The van der Waals surface area contributed by atoms with E-state index in [2.05, 4.69) is 172 Å². The lowest BCUT2D eigenvalue weighted by atomic mass is 9.60. The van der Waals surface area contributed by atoms with Gasteiger partial charge in [0.15, 0.2) is 0 Å². The van der Waals surface area contributed by atoms with Gasteiger partial charge in [0.2, 0.25) is 0 Å². The number of para-hydroxylation sites is 2. The number of nitrogens with zero attached hydrogens (tertiary/aromatic N) is 4. The number of allylic oxidation sites excluding steroid dienone is 1. The zero-order valence-electron chi connectivity index (χ0n) is 28.4. The molecule has 236 valence electrons. The van der Waals surface area contributed by atoms with Crippen LogP contribution in [0.3, 0.4) is 0 Å². The van der Waals surface area contributed by atoms with E-state index in [9.17, 15) is 0 Å². The van der Waals surface area contributed by atoms with E-state index in [-0.39, 0.29) is 16.2 Å². The van der Waals surface area contributed by atoms with Crippen LogP contribution in [-0.2, 0) is 10.8 Å². The number of aromatic nitrogens is 2. The molecule has 0 atom stereocenters. The van der Waals surface area contributed by atoms with Crippen molar-refractivity contribution in [2.45, 2.75) is 59.3 Å². The maximum Gasteiger partial charge on any atom is 0.137 e. The average Bonchev–Trinajstić information content (AvgIpc) is 3.65. The monoisotopic (exact) mass is 618 g/mol. The maximum atomic E-state index is 6.70. The fraction of sp³-hybridized carbons (Fsp3) is 0.262. The van der Waals surface area contributed by atoms with E-state index in [1.54, 1.807) is 0 Å². The third-order valence-electron chi connectivity index (χ3n) is 10.8. The van der Waals surface area contributed by atoms with E-state index in [0.717, 1.165) is 35.0 Å². The van der Waals surface area contributed by atoms with Crippen LogP contribution in [0.25, 0.3) is 27.6 Å². The summed E-state index contributed by atoms with van der Waals surface area (Å²) in [6, 6.07) is 36.6. The number of fused-ring (bicyclic) bond motifs is 6. The number of ether oxygens (including phenoxy) is 1. The smallest absolute Gasteiger partial charge is 0.137 e. The lowest BCUT2D eigenvalue weighted by molar-refractivity contribution is 0.235. The number of benzene rings is 4. The number of anilines is 2. The molecule has 0 fully saturated rings. The Kier molecular flexibility index (Phi) is 6.40. The van der Waals surface area contributed by atoms with Crippen LogP contribution < -0.4 is 14.5 Å². The summed E-state index contributed by atoms with van der Waals surface area (Å²) in [6.07, 6.45) is 4.26. The molecule has 0 aliphatic carbocycles. The molecule has 4 aromatic carbocycles. The Morgan fingerprint density at radius 1 is 0.702 bits per heavy atom. The molecular formula is C42H42N4O. The van der Waals surface area contributed by atoms with Crippen molar-refractivity contribution in [3.63, 3.8) is 0 Å². The van der Waals surface area contributed by atoms with Crippen LogP contribution in [0.5, 0.6) is 11.5 Å². The highest BCUT2D eigenvalue weighted by molar-refractivity contribution is 6.09. The first-order chi connectivity index (χ1) is 22.4. The predicted octanol–water partition coefficient (Wildman–Crippen LogP) is 10.7. The minimum Gasteiger partial charge on any atom is -0.457 e. The molecule has 0 bridgehead atoms. The average molecular weight is 619 g/mol. The second-order valence-electron chi connectivity index (χ2n) is 15.1. The highest BCUT2D eigenvalue weighted by Gasteiger charge is 2.51. The first kappa shape index (κ1) is 29.4. The first-order valence-electron chi connectivity index (χ1n) is 16.6. The van der Waals surface area contributed by atoms with E-state index < -0.39 is 0 Å². The third kappa shape index (κ3) is 4.55. The Morgan fingerprint density at radius 3 is 2.19 bits per heavy atom. The van der Waals surface area contributed by atoms with Gasteiger partial charge in [0.25, 0.3) is 0 Å². The van der Waals surface area contributed by atoms with Crippen molar-refractivity contribution < 1.29 is 4.74 Å². The number of rotatable bonds is 4. The van der Waals surface area contributed by atoms with Crippen molar-refractivity contribution in [2.75, 3.05) is 16.5 Å². The second-order valence-corrected chi connectivity index (χ2v) is 15.1. The Bertz CT molecular complexity index is 2200. The Balaban J connectivity index is 1.21. The molecule has 8 rings (SSSR count). The molecule has 0 N–H and O–H groups in total. The van der Waals surface area contributed by atoms with Crippen molar-refractivity contribution in [1.29, 1.82) is 0 Å². The lowest BCUT2D eigenvalue weighted by Crippen LogP contribution is -2.48. The van der Waals surface area contributed by atoms with Crippen molar-refractivity contribution in [1.82, 2.24) is 9.55 Å². The van der Waals surface area contributed by atoms with E-state index in [0.29, 0.717) is 0 Å². The van der Waals surface area contributed by atoms with Crippen LogP contribution in [0.15, 0.2) is 121 Å². The van der Waals surface area contributed by atoms with Gasteiger partial charge in [-0.2, -0.15) is 0 Å². The lowest BCUT2D eigenvalue weighted by Gasteiger charge is -2.51. The SMILES string of the molecule is CC(C)(C)c1ccnc(-n2c3ccccc3c3ccc(Oc4ccc5c(c4)N4CN(c6ccccc6)C=C4C(C)(C)C5(C)C)cc32)c1. The molecule has 5 nitrogen and oxygen atoms in total. The van der Waals surface area contributed by atoms with Crippen LogP contribution in [0.4, 0.5) is 11.4 Å². The van der Waals surface area contributed by atoms with Crippen LogP contribution >= 0.6 is 0 Å². The summed E-state index contributed by atoms with van der Waals surface area (Å²) in [5, 5.41) is 2.38. The fourth-order valence-corrected chi connectivity index (χ4v) is 7.35. The van der Waals surface area contributed by atoms with Gasteiger partial charge in [-0.05, 0) is 65.1 Å². The molecule has 0 spiro atoms. The standard InChI is InChI=1S/C42H42N4O/c1-40(2,3)28-21-22-43-39(23-28)46-35-16-12-11-15-32(35)33-19-17-30(24-36(33)46)47-31-18-20-34-37(25-31)45-27-44(29-13-9-8-10-14-29)26-38(45)42(6,7)41(34,4)5/h8-26H,27H2,1-7H3. The summed E-state index contributed by atoms with van der Waals surface area (Å²) in [7, 11) is 0. The van der Waals surface area contributed by atoms with Gasteiger partial charge in [0, 0.05) is 57.5 Å². The van der Waals surface area contributed by atoms with Gasteiger partial charge in [-0.15, -0.1) is 0 Å². The van der Waals surface area contributed by atoms with E-state index in [1.165, 1.54) is 39.0 Å². The summed E-state index contributed by atoms with van der Waals surface area (Å²) in [4.78, 5) is 9.67. The van der Waals surface area contributed by atoms with E-state index >= 15 is 0 Å². The Labute approximate surface area is 277 Å². The quantitative estimate of drug-likeness (QED) is 0.197. The van der Waals surface area contributed by atoms with Gasteiger partial charge in [-0.1, -0.05) is 90.9 Å². The van der Waals surface area contributed by atoms with Crippen LogP contribution in [0, 0.1) is 5.41 Å². The molecule has 0 saturated carbocycles. The van der Waals surface area contributed by atoms with Crippen molar-refractivity contribution in [3.05, 3.63) is 132 Å². The minimum atomic E-state index is -0.0790. The van der Waals surface area contributed by atoms with Gasteiger partial charge in [0.05, 0.1) is 23.4 Å². The minimum absolute atomic E-state index is 0.0173. The maximum absolute atomic E-state index is 6.70. The summed E-state index contributed by atoms with van der Waals surface area (Å²) in [5.41, 5.74) is 8.39. The van der Waals surface area contributed by atoms with E-state index in [4.69, 9.17) is 9.72 Å². The Hall–Kier alpha value is -5.03. The summed E-state index contributed by atoms with van der Waals surface area (Å²) >= 11 is 0. The fourth-order valence-electron chi connectivity index (χ4n) is 7.35. The normalized spacial score (nSPS) is 16.7. The Morgan fingerprint density at radius 2 is 1.40 bits per heavy atom. The molecule has 2 aliphatic heterocycles. The molecule has 2 aromatic heterocycles.